The summed E-state index contributed by atoms with van der Waals surface area (Å²) in [5.74, 6) is -0.730. The molecule has 0 aliphatic carbocycles. The maximum atomic E-state index is 11.8. The summed E-state index contributed by atoms with van der Waals surface area (Å²) in [6.45, 7) is 5.27. The van der Waals surface area contributed by atoms with Crippen LogP contribution >= 0.6 is 0 Å². The van der Waals surface area contributed by atoms with Gasteiger partial charge in [-0.1, -0.05) is 6.07 Å². The monoisotopic (exact) mass is 278 g/mol. The van der Waals surface area contributed by atoms with E-state index in [1.165, 1.54) is 13.2 Å². The van der Waals surface area contributed by atoms with Crippen molar-refractivity contribution in [1.29, 1.82) is 0 Å². The van der Waals surface area contributed by atoms with Crippen molar-refractivity contribution in [2.75, 3.05) is 7.11 Å². The molecule has 0 aromatic heterocycles. The van der Waals surface area contributed by atoms with Crippen LogP contribution in [0.25, 0.3) is 6.08 Å². The third kappa shape index (κ3) is 4.42. The summed E-state index contributed by atoms with van der Waals surface area (Å²) in [4.78, 5) is 22.3. The van der Waals surface area contributed by atoms with E-state index in [4.69, 9.17) is 14.6 Å². The van der Waals surface area contributed by atoms with E-state index in [1.807, 2.05) is 0 Å². The zero-order chi connectivity index (χ0) is 15.3. The minimum Gasteiger partial charge on any atom is -0.493 e. The molecule has 1 aromatic carbocycles. The van der Waals surface area contributed by atoms with Gasteiger partial charge in [0.2, 0.25) is 0 Å². The zero-order valence-corrected chi connectivity index (χ0v) is 12.0. The SMILES string of the molecule is COc1cc(C=CC(=O)O)ccc1OC(=O)C(C)(C)C. The van der Waals surface area contributed by atoms with E-state index in [-0.39, 0.29) is 5.97 Å². The van der Waals surface area contributed by atoms with Crippen LogP contribution in [0.4, 0.5) is 0 Å². The molecule has 0 saturated carbocycles. The number of aliphatic carboxylic acids is 1. The Kier molecular flexibility index (Phi) is 4.91. The third-order valence-corrected chi connectivity index (χ3v) is 2.42. The number of carboxylic acids is 1. The lowest BCUT2D eigenvalue weighted by Crippen LogP contribution is -2.25. The molecule has 0 unspecified atom stereocenters. The minimum atomic E-state index is -1.03. The van der Waals surface area contributed by atoms with Crippen LogP contribution in [0.15, 0.2) is 24.3 Å². The van der Waals surface area contributed by atoms with Crippen molar-refractivity contribution < 1.29 is 24.2 Å². The van der Waals surface area contributed by atoms with Crippen LogP contribution in [0.1, 0.15) is 26.3 Å². The molecule has 5 nitrogen and oxygen atoms in total. The van der Waals surface area contributed by atoms with Crippen molar-refractivity contribution in [3.05, 3.63) is 29.8 Å². The number of rotatable bonds is 4. The van der Waals surface area contributed by atoms with Gasteiger partial charge in [0.15, 0.2) is 11.5 Å². The average molecular weight is 278 g/mol. The lowest BCUT2D eigenvalue weighted by atomic mass is 9.97. The minimum absolute atomic E-state index is 0.305. The molecule has 0 radical (unpaired) electrons. The molecule has 0 amide bonds. The second kappa shape index (κ2) is 6.23. The number of hydrogen-bond donors (Lipinski definition) is 1. The van der Waals surface area contributed by atoms with Gasteiger partial charge in [-0.2, -0.15) is 0 Å². The molecule has 0 saturated heterocycles. The van der Waals surface area contributed by atoms with E-state index in [0.29, 0.717) is 17.1 Å². The number of benzene rings is 1. The zero-order valence-electron chi connectivity index (χ0n) is 12.0. The number of ether oxygens (including phenoxy) is 2. The third-order valence-electron chi connectivity index (χ3n) is 2.42. The van der Waals surface area contributed by atoms with Gasteiger partial charge < -0.3 is 14.6 Å². The summed E-state index contributed by atoms with van der Waals surface area (Å²) >= 11 is 0. The van der Waals surface area contributed by atoms with Crippen LogP contribution in [-0.2, 0) is 9.59 Å². The molecule has 0 bridgehead atoms. The molecule has 0 aliphatic rings. The highest BCUT2D eigenvalue weighted by Crippen LogP contribution is 2.30. The number of carbonyl (C=O) groups is 2. The van der Waals surface area contributed by atoms with Crippen molar-refractivity contribution in [1.82, 2.24) is 0 Å². The first kappa shape index (κ1) is 15.8. The van der Waals surface area contributed by atoms with Crippen molar-refractivity contribution in [3.8, 4) is 11.5 Å². The highest BCUT2D eigenvalue weighted by molar-refractivity contribution is 5.85. The van der Waals surface area contributed by atoms with E-state index in [1.54, 1.807) is 39.0 Å². The quantitative estimate of drug-likeness (QED) is 0.521. The van der Waals surface area contributed by atoms with Gasteiger partial charge in [-0.25, -0.2) is 4.79 Å². The van der Waals surface area contributed by atoms with Crippen LogP contribution in [-0.4, -0.2) is 24.2 Å². The van der Waals surface area contributed by atoms with Crippen molar-refractivity contribution in [2.45, 2.75) is 20.8 Å². The van der Waals surface area contributed by atoms with Crippen LogP contribution in [0.2, 0.25) is 0 Å². The highest BCUT2D eigenvalue weighted by Gasteiger charge is 2.24. The molecule has 0 atom stereocenters. The standard InChI is InChI=1S/C15H18O5/c1-15(2,3)14(18)20-11-7-5-10(6-8-13(16)17)9-12(11)19-4/h5-9H,1-4H3,(H,16,17). The molecule has 108 valence electrons. The average Bonchev–Trinajstić information content (AvgIpc) is 2.36. The van der Waals surface area contributed by atoms with Gasteiger partial charge in [0, 0.05) is 6.08 Å². The fraction of sp³-hybridized carbons (Fsp3) is 0.333. The first-order valence-electron chi connectivity index (χ1n) is 6.05. The molecule has 1 N–H and O–H groups in total. The number of hydrogen-bond acceptors (Lipinski definition) is 4. The molecule has 1 rings (SSSR count). The van der Waals surface area contributed by atoms with Gasteiger partial charge in [0.05, 0.1) is 12.5 Å². The molecule has 0 aliphatic heterocycles. The molecule has 0 spiro atoms. The Bertz CT molecular complexity index is 538. The lowest BCUT2D eigenvalue weighted by Gasteiger charge is -2.17. The molecule has 20 heavy (non-hydrogen) atoms. The Morgan fingerprint density at radius 2 is 1.85 bits per heavy atom. The highest BCUT2D eigenvalue weighted by atomic mass is 16.6. The number of carboxylic acid groups (broad SMARTS) is 1. The molecular weight excluding hydrogens is 260 g/mol. The summed E-state index contributed by atoms with van der Waals surface area (Å²) in [6.07, 6.45) is 2.45. The molecule has 0 fully saturated rings. The number of methoxy groups -OCH3 is 1. The van der Waals surface area contributed by atoms with Crippen LogP contribution in [0.5, 0.6) is 11.5 Å². The second-order valence-electron chi connectivity index (χ2n) is 5.22. The topological polar surface area (TPSA) is 72.8 Å². The summed E-state index contributed by atoms with van der Waals surface area (Å²) < 4.78 is 10.4. The second-order valence-corrected chi connectivity index (χ2v) is 5.22. The smallest absolute Gasteiger partial charge is 0.328 e. The van der Waals surface area contributed by atoms with Crippen molar-refractivity contribution >= 4 is 18.0 Å². The van der Waals surface area contributed by atoms with E-state index in [2.05, 4.69) is 0 Å². The summed E-state index contributed by atoms with van der Waals surface area (Å²) in [5.41, 5.74) is 0.0205. The van der Waals surface area contributed by atoms with Gasteiger partial charge in [-0.15, -0.1) is 0 Å². The maximum absolute atomic E-state index is 11.8. The normalized spacial score (nSPS) is 11.4. The first-order valence-corrected chi connectivity index (χ1v) is 6.05. The van der Waals surface area contributed by atoms with Gasteiger partial charge >= 0.3 is 11.9 Å². The van der Waals surface area contributed by atoms with Gasteiger partial charge in [0.1, 0.15) is 0 Å². The maximum Gasteiger partial charge on any atom is 0.328 e. The Labute approximate surface area is 117 Å². The predicted octanol–water partition coefficient (Wildman–Crippen LogP) is 2.74. The van der Waals surface area contributed by atoms with Gasteiger partial charge in [-0.3, -0.25) is 4.79 Å². The van der Waals surface area contributed by atoms with Crippen LogP contribution in [0.3, 0.4) is 0 Å². The lowest BCUT2D eigenvalue weighted by molar-refractivity contribution is -0.143. The number of esters is 1. The Morgan fingerprint density at radius 3 is 2.35 bits per heavy atom. The predicted molar refractivity (Wildman–Crippen MR) is 74.8 cm³/mol. The first-order chi connectivity index (χ1) is 9.24. The van der Waals surface area contributed by atoms with Crippen LogP contribution in [0, 0.1) is 5.41 Å². The Balaban J connectivity index is 3.00. The van der Waals surface area contributed by atoms with Crippen molar-refractivity contribution in [2.24, 2.45) is 5.41 Å². The molecule has 1 aromatic rings. The summed E-state index contributed by atoms with van der Waals surface area (Å²) in [7, 11) is 1.45. The van der Waals surface area contributed by atoms with E-state index in [9.17, 15) is 9.59 Å². The fourth-order valence-electron chi connectivity index (χ4n) is 1.29. The van der Waals surface area contributed by atoms with Crippen molar-refractivity contribution in [3.63, 3.8) is 0 Å². The van der Waals surface area contributed by atoms with Gasteiger partial charge in [0.25, 0.3) is 0 Å². The van der Waals surface area contributed by atoms with E-state index >= 15 is 0 Å². The number of carbonyl (C=O) groups excluding carboxylic acids is 1. The van der Waals surface area contributed by atoms with Crippen LogP contribution < -0.4 is 9.47 Å². The molecule has 0 heterocycles. The van der Waals surface area contributed by atoms with E-state index < -0.39 is 11.4 Å². The van der Waals surface area contributed by atoms with E-state index in [0.717, 1.165) is 6.08 Å². The largest absolute Gasteiger partial charge is 0.493 e. The summed E-state index contributed by atoms with van der Waals surface area (Å²) in [5, 5.41) is 8.58. The Morgan fingerprint density at radius 1 is 1.20 bits per heavy atom. The summed E-state index contributed by atoms with van der Waals surface area (Å²) in [6, 6.07) is 4.82. The molecule has 5 heteroatoms. The van der Waals surface area contributed by atoms with Gasteiger partial charge in [-0.05, 0) is 44.5 Å². The molecular formula is C15H18O5. The Hall–Kier alpha value is -2.30. The fourth-order valence-corrected chi connectivity index (χ4v) is 1.29.